The van der Waals surface area contributed by atoms with E-state index in [0.29, 0.717) is 29.7 Å². The Kier molecular flexibility index (Phi) is 31.2. The van der Waals surface area contributed by atoms with Crippen molar-refractivity contribution in [2.45, 2.75) is 139 Å². The highest BCUT2D eigenvalue weighted by atomic mass is 32.1. The first-order valence-electron chi connectivity index (χ1n) is 26.1. The number of nitrogens with two attached hydrogens (primary N) is 1. The van der Waals surface area contributed by atoms with Crippen molar-refractivity contribution in [1.29, 1.82) is 0 Å². The van der Waals surface area contributed by atoms with Crippen LogP contribution in [0.25, 0.3) is 10.4 Å². The lowest BCUT2D eigenvalue weighted by molar-refractivity contribution is -0.145. The number of nitrogens with zero attached hydrogens (tertiary/aromatic N) is 1. The molecule has 0 aliphatic carbocycles. The van der Waals surface area contributed by atoms with E-state index in [1.807, 2.05) is 16.0 Å². The highest BCUT2D eigenvalue weighted by Gasteiger charge is 2.37. The molecular formula is C50H65N11O25S. The molecule has 2 aromatic rings. The molecule has 1 heterocycles. The Morgan fingerprint density at radius 1 is 0.425 bits per heavy atom. The number of unbranched alkanes of at least 4 members (excludes halogenated alkanes) is 3. The molecule has 0 radical (unpaired) electrons. The maximum absolute atomic E-state index is 13.6. The number of hydrogen-bond donors (Lipinski definition) is 18. The summed E-state index contributed by atoms with van der Waals surface area (Å²) in [6, 6.07) is -9.12. The van der Waals surface area contributed by atoms with Gasteiger partial charge in [0, 0.05) is 32.0 Å². The molecule has 0 aliphatic heterocycles. The second-order valence-electron chi connectivity index (χ2n) is 18.8. The minimum Gasteiger partial charge on any atom is -0.481 e. The lowest BCUT2D eigenvalue weighted by Crippen LogP contribution is -2.61. The maximum atomic E-state index is 13.6. The van der Waals surface area contributed by atoms with Crippen LogP contribution in [0.15, 0.2) is 30.5 Å². The average molecular weight is 1250 g/mol. The Morgan fingerprint density at radius 2 is 0.805 bits per heavy atom. The fourth-order valence-electron chi connectivity index (χ4n) is 7.51. The van der Waals surface area contributed by atoms with Gasteiger partial charge in [-0.15, -0.1) is 0 Å². The molecule has 0 unspecified atom stereocenters. The predicted molar refractivity (Wildman–Crippen MR) is 291 cm³/mol. The van der Waals surface area contributed by atoms with E-state index < -0.39 is 182 Å². The first-order valence-corrected chi connectivity index (χ1v) is 26.9. The zero-order valence-corrected chi connectivity index (χ0v) is 46.7. The number of carboxylic acids is 8. The Morgan fingerprint density at radius 3 is 1.17 bits per heavy atom. The average Bonchev–Trinajstić information content (AvgIpc) is 4.04. The van der Waals surface area contributed by atoms with E-state index in [-0.39, 0.29) is 62.3 Å². The predicted octanol–water partition coefficient (Wildman–Crippen LogP) is -3.64. The van der Waals surface area contributed by atoms with E-state index in [0.717, 1.165) is 11.3 Å². The van der Waals surface area contributed by atoms with Gasteiger partial charge in [-0.2, -0.15) is 0 Å². The van der Waals surface area contributed by atoms with Crippen LogP contribution in [0.5, 0.6) is 0 Å². The van der Waals surface area contributed by atoms with Gasteiger partial charge in [-0.25, -0.2) is 14.6 Å². The van der Waals surface area contributed by atoms with Crippen molar-refractivity contribution in [3.8, 4) is 10.4 Å². The van der Waals surface area contributed by atoms with Crippen LogP contribution in [0.4, 0.5) is 5.13 Å². The number of carbonyl (C=O) groups is 17. The van der Waals surface area contributed by atoms with Crippen molar-refractivity contribution in [3.05, 3.63) is 36.0 Å². The Labute approximate surface area is 495 Å². The molecule has 37 heteroatoms. The molecule has 9 amide bonds. The van der Waals surface area contributed by atoms with E-state index in [1.165, 1.54) is 18.3 Å². The fraction of sp³-hybridized carbons (Fsp3) is 0.480. The van der Waals surface area contributed by atoms with Crippen molar-refractivity contribution < 1.29 is 122 Å². The normalized spacial score (nSPS) is 13.1. The van der Waals surface area contributed by atoms with Gasteiger partial charge in [-0.1, -0.05) is 29.9 Å². The second kappa shape index (κ2) is 37.2. The van der Waals surface area contributed by atoms with Gasteiger partial charge in [0.15, 0.2) is 5.13 Å². The van der Waals surface area contributed by atoms with Crippen LogP contribution in [-0.4, -0.2) is 202 Å². The topological polar surface area (TPSA) is 599 Å². The molecule has 476 valence electrons. The number of rotatable bonds is 42. The molecular weight excluding hydrogens is 1190 g/mol. The van der Waals surface area contributed by atoms with E-state index in [2.05, 4.69) is 20.9 Å². The van der Waals surface area contributed by atoms with E-state index in [4.69, 9.17) is 10.8 Å². The number of amides is 9. The molecule has 36 nitrogen and oxygen atoms in total. The molecule has 0 saturated carbocycles. The maximum Gasteiger partial charge on any atom is 0.335 e. The standard InChI is InChI=1S/C50H65N11O25S/c51-14-4-3-6-25(49(85)86)55-43(78)27(17-37(67)68)57-45(80)29(19-39(71)72)59-47(82)31(21-41(75)76)60-46(81)30(20-40(73)74)58-44(79)28(18-38(69)70)56-42(77)26(16-36(65)66)54-34(63)7-2-1-5-15-52-33(62)12-13-35(64)61-50-53-22-32(87-50)23-8-10-24(11-9-23)48(83)84/h8-11,22,25-31H,1-7,12-21,51H2,(H,52,62)(H,54,63)(H,55,78)(H,56,77)(H,57,80)(H,58,79)(H,59,82)(H,60,81)(H,65,66)(H,67,68)(H,69,70)(H,71,72)(H,73,74)(H,75,76)(H,83,84)(H,85,86)(H,53,61,64)/t25-,26-,27-,28-,29-,30-,31-/m1/s1. The van der Waals surface area contributed by atoms with Gasteiger partial charge in [-0.3, -0.25) is 71.9 Å². The molecule has 0 bridgehead atoms. The van der Waals surface area contributed by atoms with Gasteiger partial charge in [-0.05, 0) is 56.3 Å². The van der Waals surface area contributed by atoms with Crippen LogP contribution < -0.4 is 53.6 Å². The third kappa shape index (κ3) is 28.8. The number of aliphatic carboxylic acids is 7. The summed E-state index contributed by atoms with van der Waals surface area (Å²) in [5.41, 5.74) is 6.16. The van der Waals surface area contributed by atoms with Crippen molar-refractivity contribution >= 4 is 117 Å². The number of aromatic carboxylic acids is 1. The summed E-state index contributed by atoms with van der Waals surface area (Å²) in [6.07, 6.45) is -6.17. The minimum absolute atomic E-state index is 0.0896. The molecule has 1 aromatic carbocycles. The third-order valence-electron chi connectivity index (χ3n) is 11.8. The number of nitrogens with one attached hydrogen (secondary N) is 9. The Balaban J connectivity index is 2.09. The molecule has 19 N–H and O–H groups in total. The summed E-state index contributed by atoms with van der Waals surface area (Å²) in [4.78, 5) is 216. The summed E-state index contributed by atoms with van der Waals surface area (Å²) in [7, 11) is 0. The summed E-state index contributed by atoms with van der Waals surface area (Å²) in [5.74, 6) is -24.9. The molecule has 87 heavy (non-hydrogen) atoms. The molecule has 2 rings (SSSR count). The Hall–Kier alpha value is -10.2. The number of benzene rings is 1. The molecule has 0 aliphatic rings. The number of thiazole rings is 1. The largest absolute Gasteiger partial charge is 0.481 e. The zero-order valence-electron chi connectivity index (χ0n) is 45.9. The van der Waals surface area contributed by atoms with Gasteiger partial charge in [0.05, 0.1) is 49.0 Å². The van der Waals surface area contributed by atoms with Gasteiger partial charge in [0.25, 0.3) is 0 Å². The van der Waals surface area contributed by atoms with Gasteiger partial charge in [0.2, 0.25) is 53.2 Å². The summed E-state index contributed by atoms with van der Waals surface area (Å²) in [6.45, 7) is 0.261. The summed E-state index contributed by atoms with van der Waals surface area (Å²) < 4.78 is 0. The van der Waals surface area contributed by atoms with Crippen LogP contribution in [0.2, 0.25) is 0 Å². The monoisotopic (exact) mass is 1250 g/mol. The molecule has 0 spiro atoms. The van der Waals surface area contributed by atoms with Gasteiger partial charge in [0.1, 0.15) is 42.3 Å². The van der Waals surface area contributed by atoms with Crippen molar-refractivity contribution in [3.63, 3.8) is 0 Å². The lowest BCUT2D eigenvalue weighted by atomic mass is 10.1. The smallest absolute Gasteiger partial charge is 0.335 e. The SMILES string of the molecule is NCCCC[C@@H](NC(=O)[C@@H](CC(=O)O)NC(=O)[C@@H](CC(=O)O)NC(=O)[C@@H](CC(=O)O)NC(=O)[C@@H](CC(=O)O)NC(=O)[C@@H](CC(=O)O)NC(=O)[C@@H](CC(=O)O)NC(=O)CCCCCNC(=O)CCC(=O)Nc1ncc(-c2ccc(C(=O)O)cc2)s1)C(=O)O. The van der Waals surface area contributed by atoms with Crippen molar-refractivity contribution in [2.75, 3.05) is 18.4 Å². The van der Waals surface area contributed by atoms with E-state index >= 15 is 0 Å². The third-order valence-corrected chi connectivity index (χ3v) is 12.8. The fourth-order valence-corrected chi connectivity index (χ4v) is 8.35. The first-order chi connectivity index (χ1) is 40.9. The van der Waals surface area contributed by atoms with Crippen LogP contribution >= 0.6 is 11.3 Å². The van der Waals surface area contributed by atoms with Crippen LogP contribution in [0, 0.1) is 0 Å². The number of carbonyl (C=O) groups excluding carboxylic acids is 9. The van der Waals surface area contributed by atoms with Gasteiger partial charge >= 0.3 is 47.8 Å². The lowest BCUT2D eigenvalue weighted by Gasteiger charge is -2.26. The van der Waals surface area contributed by atoms with Crippen LogP contribution in [0.1, 0.15) is 107 Å². The molecule has 1 aromatic heterocycles. The number of anilines is 1. The minimum atomic E-state index is -2.39. The quantitative estimate of drug-likeness (QED) is 0.0285. The molecule has 7 atom stereocenters. The number of carboxylic acid groups (broad SMARTS) is 8. The molecule has 0 fully saturated rings. The Bertz CT molecular complexity index is 2880. The van der Waals surface area contributed by atoms with E-state index in [9.17, 15) is 117 Å². The zero-order chi connectivity index (χ0) is 65.5. The van der Waals surface area contributed by atoms with Gasteiger partial charge < -0.3 is 94.4 Å². The highest BCUT2D eigenvalue weighted by molar-refractivity contribution is 7.19. The highest BCUT2D eigenvalue weighted by Crippen LogP contribution is 2.29. The summed E-state index contributed by atoms with van der Waals surface area (Å²) in [5, 5.41) is 94.5. The van der Waals surface area contributed by atoms with Crippen LogP contribution in [0.3, 0.4) is 0 Å². The first kappa shape index (κ1) is 72.9. The van der Waals surface area contributed by atoms with Crippen molar-refractivity contribution in [2.24, 2.45) is 5.73 Å². The number of aromatic nitrogens is 1. The van der Waals surface area contributed by atoms with Crippen molar-refractivity contribution in [1.82, 2.24) is 47.5 Å². The van der Waals surface area contributed by atoms with E-state index in [1.54, 1.807) is 28.1 Å². The number of hydrogen-bond acceptors (Lipinski definition) is 20. The van der Waals surface area contributed by atoms with Crippen LogP contribution in [-0.2, 0) is 76.7 Å². The molecule has 0 saturated heterocycles. The second-order valence-corrected chi connectivity index (χ2v) is 19.8. The summed E-state index contributed by atoms with van der Waals surface area (Å²) >= 11 is 1.12.